The highest BCUT2D eigenvalue weighted by atomic mass is 16.5. The monoisotopic (exact) mass is 355 g/mol. The van der Waals surface area contributed by atoms with E-state index in [1.54, 1.807) is 24.3 Å². The zero-order chi connectivity index (χ0) is 18.8. The molecule has 0 aromatic heterocycles. The molecule has 2 aromatic carbocycles. The standard InChI is InChI=1S/C21H25NO4/c1-2-14-26-18-10-8-17(9-11-18)20(23)12-13-22-19(21(24)25)15-16-6-4-3-5-7-16/h3-11,19,22H,2,12-15H2,1H3,(H,24,25)/t19-/m0/s1. The first-order valence-corrected chi connectivity index (χ1v) is 8.86. The van der Waals surface area contributed by atoms with Crippen molar-refractivity contribution in [3.05, 3.63) is 65.7 Å². The average molecular weight is 355 g/mol. The Morgan fingerprint density at radius 3 is 2.38 bits per heavy atom. The number of hydrogen-bond donors (Lipinski definition) is 2. The lowest BCUT2D eigenvalue weighted by Gasteiger charge is -2.14. The van der Waals surface area contributed by atoms with E-state index in [0.29, 0.717) is 25.1 Å². The van der Waals surface area contributed by atoms with Crippen molar-refractivity contribution in [2.45, 2.75) is 32.2 Å². The topological polar surface area (TPSA) is 75.6 Å². The lowest BCUT2D eigenvalue weighted by Crippen LogP contribution is -2.39. The van der Waals surface area contributed by atoms with E-state index in [2.05, 4.69) is 5.32 Å². The lowest BCUT2D eigenvalue weighted by atomic mass is 10.1. The average Bonchev–Trinajstić information content (AvgIpc) is 2.66. The van der Waals surface area contributed by atoms with Crippen molar-refractivity contribution < 1.29 is 19.4 Å². The molecule has 1 atom stereocenters. The zero-order valence-corrected chi connectivity index (χ0v) is 15.0. The molecule has 0 radical (unpaired) electrons. The van der Waals surface area contributed by atoms with Gasteiger partial charge in [0.2, 0.25) is 0 Å². The number of nitrogens with one attached hydrogen (secondary N) is 1. The fourth-order valence-electron chi connectivity index (χ4n) is 2.56. The highest BCUT2D eigenvalue weighted by molar-refractivity contribution is 5.96. The Morgan fingerprint density at radius 1 is 1.08 bits per heavy atom. The summed E-state index contributed by atoms with van der Waals surface area (Å²) in [4.78, 5) is 23.7. The van der Waals surface area contributed by atoms with Crippen LogP contribution in [0.2, 0.25) is 0 Å². The number of carbonyl (C=O) groups is 2. The van der Waals surface area contributed by atoms with Crippen LogP contribution in [-0.4, -0.2) is 36.1 Å². The van der Waals surface area contributed by atoms with E-state index in [1.165, 1.54) is 0 Å². The minimum Gasteiger partial charge on any atom is -0.494 e. The minimum absolute atomic E-state index is 0.0246. The van der Waals surface area contributed by atoms with Crippen LogP contribution in [0.4, 0.5) is 0 Å². The summed E-state index contributed by atoms with van der Waals surface area (Å²) in [5, 5.41) is 12.3. The molecule has 0 aliphatic carbocycles. The number of rotatable bonds is 11. The van der Waals surface area contributed by atoms with E-state index in [-0.39, 0.29) is 12.2 Å². The van der Waals surface area contributed by atoms with Gasteiger partial charge >= 0.3 is 5.97 Å². The summed E-state index contributed by atoms with van der Waals surface area (Å²) < 4.78 is 5.50. The van der Waals surface area contributed by atoms with Gasteiger partial charge in [0.25, 0.3) is 0 Å². The quantitative estimate of drug-likeness (QED) is 0.605. The van der Waals surface area contributed by atoms with Gasteiger partial charge in [-0.25, -0.2) is 0 Å². The number of carboxylic acid groups (broad SMARTS) is 1. The van der Waals surface area contributed by atoms with Gasteiger partial charge < -0.3 is 15.2 Å². The number of hydrogen-bond acceptors (Lipinski definition) is 4. The van der Waals surface area contributed by atoms with Gasteiger partial charge in [-0.3, -0.25) is 9.59 Å². The third kappa shape index (κ3) is 6.33. The van der Waals surface area contributed by atoms with Crippen LogP contribution in [-0.2, 0) is 11.2 Å². The fourth-order valence-corrected chi connectivity index (χ4v) is 2.56. The number of aliphatic carboxylic acids is 1. The highest BCUT2D eigenvalue weighted by Crippen LogP contribution is 2.13. The van der Waals surface area contributed by atoms with E-state index in [1.807, 2.05) is 37.3 Å². The SMILES string of the molecule is CCCOc1ccc(C(=O)CCN[C@@H](Cc2ccccc2)C(=O)O)cc1. The molecule has 2 N–H and O–H groups in total. The maximum atomic E-state index is 12.3. The summed E-state index contributed by atoms with van der Waals surface area (Å²) in [6.45, 7) is 3.00. The van der Waals surface area contributed by atoms with Crippen LogP contribution < -0.4 is 10.1 Å². The summed E-state index contributed by atoms with van der Waals surface area (Å²) in [5.74, 6) is -0.197. The van der Waals surface area contributed by atoms with Crippen LogP contribution in [0.1, 0.15) is 35.7 Å². The number of benzene rings is 2. The zero-order valence-electron chi connectivity index (χ0n) is 15.0. The Morgan fingerprint density at radius 2 is 1.77 bits per heavy atom. The third-order valence-corrected chi connectivity index (χ3v) is 3.97. The second kappa shape index (κ2) is 10.4. The second-order valence-corrected chi connectivity index (χ2v) is 6.08. The van der Waals surface area contributed by atoms with Crippen molar-refractivity contribution in [3.63, 3.8) is 0 Å². The van der Waals surface area contributed by atoms with Gasteiger partial charge in [0.1, 0.15) is 11.8 Å². The van der Waals surface area contributed by atoms with Crippen LogP contribution in [0, 0.1) is 0 Å². The molecule has 0 unspecified atom stereocenters. The molecule has 0 fully saturated rings. The largest absolute Gasteiger partial charge is 0.494 e. The molecule has 138 valence electrons. The first-order chi connectivity index (χ1) is 12.6. The first-order valence-electron chi connectivity index (χ1n) is 8.86. The summed E-state index contributed by atoms with van der Waals surface area (Å²) in [5.41, 5.74) is 1.55. The number of carbonyl (C=O) groups excluding carboxylic acids is 1. The Bertz CT molecular complexity index is 698. The Labute approximate surface area is 154 Å². The van der Waals surface area contributed by atoms with Crippen molar-refractivity contribution in [1.82, 2.24) is 5.32 Å². The van der Waals surface area contributed by atoms with Crippen LogP contribution in [0.25, 0.3) is 0 Å². The van der Waals surface area contributed by atoms with Crippen LogP contribution >= 0.6 is 0 Å². The molecule has 0 bridgehead atoms. The van der Waals surface area contributed by atoms with Gasteiger partial charge in [-0.05, 0) is 42.7 Å². The van der Waals surface area contributed by atoms with Crippen LogP contribution in [0.15, 0.2) is 54.6 Å². The predicted octanol–water partition coefficient (Wildman–Crippen LogP) is 3.33. The molecule has 0 saturated carbocycles. The van der Waals surface area contributed by atoms with Crippen molar-refractivity contribution in [1.29, 1.82) is 0 Å². The normalized spacial score (nSPS) is 11.7. The maximum absolute atomic E-state index is 12.3. The molecule has 0 aliphatic heterocycles. The van der Waals surface area contributed by atoms with E-state index in [9.17, 15) is 14.7 Å². The third-order valence-electron chi connectivity index (χ3n) is 3.97. The van der Waals surface area contributed by atoms with E-state index in [0.717, 1.165) is 17.7 Å². The van der Waals surface area contributed by atoms with Crippen molar-refractivity contribution >= 4 is 11.8 Å². The lowest BCUT2D eigenvalue weighted by molar-refractivity contribution is -0.139. The van der Waals surface area contributed by atoms with E-state index >= 15 is 0 Å². The second-order valence-electron chi connectivity index (χ2n) is 6.08. The molecular formula is C21H25NO4. The molecule has 0 amide bonds. The number of carboxylic acids is 1. The highest BCUT2D eigenvalue weighted by Gasteiger charge is 2.17. The van der Waals surface area contributed by atoms with E-state index in [4.69, 9.17) is 4.74 Å². The summed E-state index contributed by atoms with van der Waals surface area (Å²) >= 11 is 0. The van der Waals surface area contributed by atoms with Gasteiger partial charge in [-0.2, -0.15) is 0 Å². The molecule has 0 aliphatic rings. The molecular weight excluding hydrogens is 330 g/mol. The van der Waals surface area contributed by atoms with E-state index < -0.39 is 12.0 Å². The molecule has 2 rings (SSSR count). The Kier molecular flexibility index (Phi) is 7.83. The summed E-state index contributed by atoms with van der Waals surface area (Å²) in [6, 6.07) is 15.8. The van der Waals surface area contributed by atoms with Crippen molar-refractivity contribution in [3.8, 4) is 5.75 Å². The molecule has 26 heavy (non-hydrogen) atoms. The maximum Gasteiger partial charge on any atom is 0.321 e. The van der Waals surface area contributed by atoms with Crippen molar-refractivity contribution in [2.75, 3.05) is 13.2 Å². The van der Waals surface area contributed by atoms with Crippen molar-refractivity contribution in [2.24, 2.45) is 0 Å². The Hall–Kier alpha value is -2.66. The molecule has 0 saturated heterocycles. The first kappa shape index (κ1) is 19.7. The molecule has 0 spiro atoms. The molecule has 5 heteroatoms. The number of Topliss-reactive ketones (excluding diaryl/α,β-unsaturated/α-hetero) is 1. The molecule has 0 heterocycles. The minimum atomic E-state index is -0.918. The number of ketones is 1. The molecule has 2 aromatic rings. The van der Waals surface area contributed by atoms with Gasteiger partial charge in [-0.1, -0.05) is 37.3 Å². The van der Waals surface area contributed by atoms with Gasteiger partial charge in [-0.15, -0.1) is 0 Å². The summed E-state index contributed by atoms with van der Waals surface area (Å²) in [7, 11) is 0. The Balaban J connectivity index is 1.82. The van der Waals surface area contributed by atoms with Gasteiger partial charge in [0.05, 0.1) is 6.61 Å². The van der Waals surface area contributed by atoms with Gasteiger partial charge in [0.15, 0.2) is 5.78 Å². The fraction of sp³-hybridized carbons (Fsp3) is 0.333. The van der Waals surface area contributed by atoms with Crippen LogP contribution in [0.3, 0.4) is 0 Å². The number of ether oxygens (including phenoxy) is 1. The summed E-state index contributed by atoms with van der Waals surface area (Å²) in [6.07, 6.45) is 1.56. The molecule has 5 nitrogen and oxygen atoms in total. The van der Waals surface area contributed by atoms with Crippen LogP contribution in [0.5, 0.6) is 5.75 Å². The van der Waals surface area contributed by atoms with Gasteiger partial charge in [0, 0.05) is 18.5 Å². The predicted molar refractivity (Wildman–Crippen MR) is 101 cm³/mol. The smallest absolute Gasteiger partial charge is 0.321 e.